The minimum absolute atomic E-state index is 0.452. The van der Waals surface area contributed by atoms with Gasteiger partial charge in [-0.2, -0.15) is 0 Å². The zero-order valence-electron chi connectivity index (χ0n) is 22.4. The minimum atomic E-state index is 0.452. The maximum absolute atomic E-state index is 5.62. The molecule has 0 aliphatic rings. The summed E-state index contributed by atoms with van der Waals surface area (Å²) in [5.74, 6) is 2.99. The molecule has 5 nitrogen and oxygen atoms in total. The van der Waals surface area contributed by atoms with E-state index in [4.69, 9.17) is 24.2 Å². The fourth-order valence-electron chi connectivity index (χ4n) is 3.66. The van der Waals surface area contributed by atoms with E-state index in [0.29, 0.717) is 25.6 Å². The molecule has 0 saturated carbocycles. The number of aromatic nitrogens is 2. The summed E-state index contributed by atoms with van der Waals surface area (Å²) in [6, 6.07) is 25.4. The Morgan fingerprint density at radius 3 is 1.25 bits per heavy atom. The van der Waals surface area contributed by atoms with Gasteiger partial charge in [-0.25, -0.2) is 9.97 Å². The molecule has 200 valence electrons. The van der Waals surface area contributed by atoms with Crippen molar-refractivity contribution in [3.63, 3.8) is 0 Å². The van der Waals surface area contributed by atoms with Gasteiger partial charge < -0.3 is 14.2 Å². The van der Waals surface area contributed by atoms with Gasteiger partial charge in [0.05, 0.1) is 11.4 Å². The van der Waals surface area contributed by atoms with Crippen molar-refractivity contribution in [2.24, 2.45) is 0 Å². The first kappa shape index (κ1) is 27.9. The summed E-state index contributed by atoms with van der Waals surface area (Å²) in [4.78, 5) is 9.63. The predicted molar refractivity (Wildman–Crippen MR) is 165 cm³/mol. The van der Waals surface area contributed by atoms with Crippen LogP contribution in [0.3, 0.4) is 0 Å². The summed E-state index contributed by atoms with van der Waals surface area (Å²) in [6.45, 7) is 12.5. The Balaban J connectivity index is 1.60. The lowest BCUT2D eigenvalue weighted by atomic mass is 10.1. The molecule has 1 aromatic heterocycles. The first-order chi connectivity index (χ1) is 19.7. The molecule has 0 fully saturated rings. The van der Waals surface area contributed by atoms with E-state index in [1.54, 1.807) is 18.2 Å². The normalized spacial score (nSPS) is 10.9. The molecule has 40 heavy (non-hydrogen) atoms. The summed E-state index contributed by atoms with van der Waals surface area (Å²) < 4.78 is 16.8. The molecule has 5 heteroatoms. The SMILES string of the molecule is C=CCOc1ccc(C=Cc2cc(C=Cc3ccc(OCC=C)cc3)nc(-c3ccc(OCC=C)cc3)n2)cc1. The molecule has 1 heterocycles. The summed E-state index contributed by atoms with van der Waals surface area (Å²) >= 11 is 0. The van der Waals surface area contributed by atoms with E-state index >= 15 is 0 Å². The van der Waals surface area contributed by atoms with E-state index in [1.807, 2.05) is 103 Å². The van der Waals surface area contributed by atoms with Crippen molar-refractivity contribution < 1.29 is 14.2 Å². The third-order valence-corrected chi connectivity index (χ3v) is 5.64. The zero-order chi connectivity index (χ0) is 28.0. The summed E-state index contributed by atoms with van der Waals surface area (Å²) in [6.07, 6.45) is 13.2. The summed E-state index contributed by atoms with van der Waals surface area (Å²) in [7, 11) is 0. The van der Waals surface area contributed by atoms with Crippen LogP contribution < -0.4 is 14.2 Å². The Bertz CT molecular complexity index is 1390. The maximum Gasteiger partial charge on any atom is 0.160 e. The second-order valence-electron chi connectivity index (χ2n) is 8.67. The molecule has 0 aliphatic heterocycles. The van der Waals surface area contributed by atoms with Crippen LogP contribution in [0.2, 0.25) is 0 Å². The molecule has 4 rings (SSSR count). The van der Waals surface area contributed by atoms with Crippen LogP contribution in [0, 0.1) is 0 Å². The van der Waals surface area contributed by atoms with E-state index in [9.17, 15) is 0 Å². The van der Waals surface area contributed by atoms with Gasteiger partial charge in [-0.05, 0) is 77.9 Å². The highest BCUT2D eigenvalue weighted by atomic mass is 16.5. The summed E-state index contributed by atoms with van der Waals surface area (Å²) in [5, 5.41) is 0. The number of nitrogens with zero attached hydrogens (tertiary/aromatic N) is 2. The third kappa shape index (κ3) is 8.43. The first-order valence-electron chi connectivity index (χ1n) is 12.9. The van der Waals surface area contributed by atoms with Crippen LogP contribution in [0.15, 0.2) is 117 Å². The molecular weight excluding hydrogens is 496 g/mol. The molecule has 0 aliphatic carbocycles. The molecule has 4 aromatic rings. The number of benzene rings is 3. The van der Waals surface area contributed by atoms with Gasteiger partial charge in [-0.15, -0.1) is 0 Å². The van der Waals surface area contributed by atoms with Crippen LogP contribution >= 0.6 is 0 Å². The van der Waals surface area contributed by atoms with Gasteiger partial charge >= 0.3 is 0 Å². The number of hydrogen-bond acceptors (Lipinski definition) is 5. The molecule has 0 atom stereocenters. The average molecular weight is 529 g/mol. The minimum Gasteiger partial charge on any atom is -0.490 e. The molecule has 0 spiro atoms. The fourth-order valence-corrected chi connectivity index (χ4v) is 3.66. The van der Waals surface area contributed by atoms with Crippen LogP contribution in [0.4, 0.5) is 0 Å². The Morgan fingerprint density at radius 1 is 0.500 bits per heavy atom. The van der Waals surface area contributed by atoms with Crippen molar-refractivity contribution in [1.29, 1.82) is 0 Å². The van der Waals surface area contributed by atoms with E-state index < -0.39 is 0 Å². The van der Waals surface area contributed by atoms with Crippen molar-refractivity contribution >= 4 is 24.3 Å². The van der Waals surface area contributed by atoms with Gasteiger partial charge in [-0.3, -0.25) is 0 Å². The van der Waals surface area contributed by atoms with Crippen LogP contribution in [0.1, 0.15) is 22.5 Å². The van der Waals surface area contributed by atoms with Crippen molar-refractivity contribution in [1.82, 2.24) is 9.97 Å². The zero-order valence-corrected chi connectivity index (χ0v) is 22.4. The highest BCUT2D eigenvalue weighted by Gasteiger charge is 2.06. The van der Waals surface area contributed by atoms with Gasteiger partial charge in [0.1, 0.15) is 37.1 Å². The Labute approximate surface area is 236 Å². The van der Waals surface area contributed by atoms with Gasteiger partial charge in [0.2, 0.25) is 0 Å². The fraction of sp³-hybridized carbons (Fsp3) is 0.0857. The Kier molecular flexibility index (Phi) is 10.2. The maximum atomic E-state index is 5.62. The van der Waals surface area contributed by atoms with Crippen molar-refractivity contribution in [3.8, 4) is 28.6 Å². The van der Waals surface area contributed by atoms with Crippen LogP contribution in [0.25, 0.3) is 35.7 Å². The number of ether oxygens (including phenoxy) is 3. The van der Waals surface area contributed by atoms with Crippen molar-refractivity contribution in [3.05, 3.63) is 139 Å². The lowest BCUT2D eigenvalue weighted by Gasteiger charge is -2.07. The van der Waals surface area contributed by atoms with E-state index in [0.717, 1.165) is 45.3 Å². The quantitative estimate of drug-likeness (QED) is 0.155. The molecular formula is C35H32N2O3. The largest absolute Gasteiger partial charge is 0.490 e. The molecule has 0 bridgehead atoms. The van der Waals surface area contributed by atoms with E-state index in [-0.39, 0.29) is 0 Å². The highest BCUT2D eigenvalue weighted by Crippen LogP contribution is 2.22. The number of hydrogen-bond donors (Lipinski definition) is 0. The molecule has 0 N–H and O–H groups in total. The van der Waals surface area contributed by atoms with Gasteiger partial charge in [-0.1, -0.05) is 74.4 Å². The monoisotopic (exact) mass is 528 g/mol. The Morgan fingerprint density at radius 2 is 0.875 bits per heavy atom. The van der Waals surface area contributed by atoms with Crippen LogP contribution in [0.5, 0.6) is 17.2 Å². The predicted octanol–water partition coefficient (Wildman–Crippen LogP) is 8.18. The van der Waals surface area contributed by atoms with Gasteiger partial charge in [0, 0.05) is 5.56 Å². The lowest BCUT2D eigenvalue weighted by Crippen LogP contribution is -1.96. The second kappa shape index (κ2) is 14.7. The third-order valence-electron chi connectivity index (χ3n) is 5.64. The van der Waals surface area contributed by atoms with Crippen molar-refractivity contribution in [2.45, 2.75) is 0 Å². The highest BCUT2D eigenvalue weighted by molar-refractivity contribution is 5.74. The molecule has 0 amide bonds. The topological polar surface area (TPSA) is 53.5 Å². The van der Waals surface area contributed by atoms with Gasteiger partial charge in [0.25, 0.3) is 0 Å². The lowest BCUT2D eigenvalue weighted by molar-refractivity contribution is 0.363. The first-order valence-corrected chi connectivity index (χ1v) is 12.9. The van der Waals surface area contributed by atoms with Crippen molar-refractivity contribution in [2.75, 3.05) is 19.8 Å². The molecule has 3 aromatic carbocycles. The summed E-state index contributed by atoms with van der Waals surface area (Å²) in [5.41, 5.74) is 4.54. The Hall–Kier alpha value is -5.16. The number of rotatable bonds is 14. The molecule has 0 radical (unpaired) electrons. The average Bonchev–Trinajstić information content (AvgIpc) is 3.01. The van der Waals surface area contributed by atoms with Gasteiger partial charge in [0.15, 0.2) is 5.82 Å². The molecule has 0 saturated heterocycles. The standard InChI is InChI=1S/C35H32N2O3/c1-4-23-38-32-17-9-27(10-18-32)7-15-30-26-31(16-8-28-11-19-33(20-12-28)39-24-5-2)37-35(36-30)29-13-21-34(22-14-29)40-25-6-3/h4-22,26H,1-3,23-25H2. The van der Waals surface area contributed by atoms with E-state index in [1.165, 1.54) is 0 Å². The van der Waals surface area contributed by atoms with E-state index in [2.05, 4.69) is 19.7 Å². The smallest absolute Gasteiger partial charge is 0.160 e. The molecule has 0 unspecified atom stereocenters. The van der Waals surface area contributed by atoms with Crippen LogP contribution in [-0.4, -0.2) is 29.8 Å². The second-order valence-corrected chi connectivity index (χ2v) is 8.67. The van der Waals surface area contributed by atoms with Crippen LogP contribution in [-0.2, 0) is 0 Å².